The fraction of sp³-hybridized carbons (Fsp3) is 0.300. The minimum absolute atomic E-state index is 0.240. The maximum absolute atomic E-state index is 12.8. The van der Waals surface area contributed by atoms with Gasteiger partial charge in [0.1, 0.15) is 0 Å². The summed E-state index contributed by atoms with van der Waals surface area (Å²) in [6, 6.07) is 12.5. The van der Waals surface area contributed by atoms with E-state index in [-0.39, 0.29) is 29.8 Å². The molecule has 130 valence electrons. The number of benzene rings is 2. The molecule has 0 heterocycles. The standard InChI is InChI=1S/C20H17Cl3O2/c1-19(2)10-17(24)20(23,18(25)11-19)15-9-13(5-8-16(15)22)12-3-6-14(21)7-4-12/h3-9H,10-11H2,1-2H3. The molecule has 0 spiro atoms. The molecule has 0 amide bonds. The molecule has 1 saturated carbocycles. The lowest BCUT2D eigenvalue weighted by Crippen LogP contribution is -2.47. The summed E-state index contributed by atoms with van der Waals surface area (Å²) >= 11 is 18.9. The average molecular weight is 396 g/mol. The Morgan fingerprint density at radius 3 is 1.92 bits per heavy atom. The minimum Gasteiger partial charge on any atom is -0.297 e. The van der Waals surface area contributed by atoms with Crippen LogP contribution in [-0.2, 0) is 14.5 Å². The highest BCUT2D eigenvalue weighted by Gasteiger charge is 2.52. The van der Waals surface area contributed by atoms with Crippen LogP contribution >= 0.6 is 34.8 Å². The van der Waals surface area contributed by atoms with Crippen molar-refractivity contribution in [3.05, 3.63) is 58.1 Å². The van der Waals surface area contributed by atoms with Crippen LogP contribution in [0.1, 0.15) is 32.3 Å². The number of alkyl halides is 1. The number of Topliss-reactive ketones (excluding diaryl/α,β-unsaturated/α-hetero) is 2. The SMILES string of the molecule is CC1(C)CC(=O)C(Cl)(c2cc(-c3ccc(Cl)cc3)ccc2Cl)C(=O)C1. The summed E-state index contributed by atoms with van der Waals surface area (Å²) in [6.07, 6.45) is 0.480. The first-order valence-corrected chi connectivity index (χ1v) is 9.08. The molecule has 25 heavy (non-hydrogen) atoms. The van der Waals surface area contributed by atoms with Gasteiger partial charge >= 0.3 is 0 Å². The zero-order chi connectivity index (χ0) is 18.4. The molecule has 2 aromatic rings. The van der Waals surface area contributed by atoms with E-state index < -0.39 is 4.87 Å². The molecule has 0 radical (unpaired) electrons. The van der Waals surface area contributed by atoms with Crippen molar-refractivity contribution in [1.29, 1.82) is 0 Å². The van der Waals surface area contributed by atoms with Crippen LogP contribution in [0.15, 0.2) is 42.5 Å². The van der Waals surface area contributed by atoms with Gasteiger partial charge in [0.15, 0.2) is 16.4 Å². The lowest BCUT2D eigenvalue weighted by atomic mass is 9.69. The van der Waals surface area contributed by atoms with Crippen molar-refractivity contribution in [3.8, 4) is 11.1 Å². The largest absolute Gasteiger partial charge is 0.297 e. The van der Waals surface area contributed by atoms with E-state index in [9.17, 15) is 9.59 Å². The number of carbonyl (C=O) groups excluding carboxylic acids is 2. The van der Waals surface area contributed by atoms with Gasteiger partial charge in [-0.15, -0.1) is 0 Å². The predicted octanol–water partition coefficient (Wildman–Crippen LogP) is 6.05. The first-order chi connectivity index (χ1) is 11.6. The summed E-state index contributed by atoms with van der Waals surface area (Å²) in [7, 11) is 0. The van der Waals surface area contributed by atoms with Gasteiger partial charge < -0.3 is 0 Å². The van der Waals surface area contributed by atoms with Crippen LogP contribution in [0.2, 0.25) is 10.0 Å². The van der Waals surface area contributed by atoms with E-state index >= 15 is 0 Å². The average Bonchev–Trinajstić information content (AvgIpc) is 2.53. The third-order valence-electron chi connectivity index (χ3n) is 4.56. The number of halogens is 3. The molecular formula is C20H17Cl3O2. The predicted molar refractivity (Wildman–Crippen MR) is 102 cm³/mol. The fourth-order valence-corrected chi connectivity index (χ4v) is 3.97. The molecule has 0 saturated heterocycles. The summed E-state index contributed by atoms with van der Waals surface area (Å²) in [5, 5.41) is 0.945. The summed E-state index contributed by atoms with van der Waals surface area (Å²) < 4.78 is 0. The third-order valence-corrected chi connectivity index (χ3v) is 5.77. The Bertz CT molecular complexity index is 834. The first-order valence-electron chi connectivity index (χ1n) is 7.95. The molecule has 2 aromatic carbocycles. The van der Waals surface area contributed by atoms with E-state index in [2.05, 4.69) is 0 Å². The lowest BCUT2D eigenvalue weighted by molar-refractivity contribution is -0.138. The van der Waals surface area contributed by atoms with Crippen LogP contribution in [-0.4, -0.2) is 11.6 Å². The molecule has 0 atom stereocenters. The van der Waals surface area contributed by atoms with Crippen molar-refractivity contribution in [2.45, 2.75) is 31.6 Å². The van der Waals surface area contributed by atoms with Gasteiger partial charge in [-0.2, -0.15) is 0 Å². The van der Waals surface area contributed by atoms with E-state index in [1.54, 1.807) is 24.3 Å². The molecule has 0 aliphatic heterocycles. The third kappa shape index (κ3) is 3.36. The normalized spacial score (nSPS) is 19.1. The molecule has 1 fully saturated rings. The van der Waals surface area contributed by atoms with Crippen LogP contribution in [0.3, 0.4) is 0 Å². The van der Waals surface area contributed by atoms with Crippen molar-refractivity contribution in [3.63, 3.8) is 0 Å². The maximum atomic E-state index is 12.8. The molecule has 0 N–H and O–H groups in total. The van der Waals surface area contributed by atoms with Gasteiger partial charge in [-0.05, 0) is 40.8 Å². The summed E-state index contributed by atoms with van der Waals surface area (Å²) in [4.78, 5) is 23.8. The lowest BCUT2D eigenvalue weighted by Gasteiger charge is -2.37. The van der Waals surface area contributed by atoms with Gasteiger partial charge in [0.25, 0.3) is 0 Å². The van der Waals surface area contributed by atoms with Crippen molar-refractivity contribution >= 4 is 46.4 Å². The van der Waals surface area contributed by atoms with Crippen LogP contribution in [0.4, 0.5) is 0 Å². The van der Waals surface area contributed by atoms with E-state index in [0.717, 1.165) is 11.1 Å². The zero-order valence-electron chi connectivity index (χ0n) is 13.9. The molecule has 1 aliphatic carbocycles. The number of hydrogen-bond donors (Lipinski definition) is 0. The number of rotatable bonds is 2. The second-order valence-electron chi connectivity index (χ2n) is 7.22. The molecule has 2 nitrogen and oxygen atoms in total. The number of ketones is 2. The van der Waals surface area contributed by atoms with Crippen molar-refractivity contribution in [2.75, 3.05) is 0 Å². The second kappa shape index (κ2) is 6.42. The molecule has 1 aliphatic rings. The van der Waals surface area contributed by atoms with Gasteiger partial charge in [0.05, 0.1) is 0 Å². The van der Waals surface area contributed by atoms with Crippen LogP contribution in [0.5, 0.6) is 0 Å². The molecule has 5 heteroatoms. The molecule has 3 rings (SSSR count). The minimum atomic E-state index is -1.71. The summed E-state index contributed by atoms with van der Waals surface area (Å²) in [5.41, 5.74) is 1.70. The Kier molecular flexibility index (Phi) is 4.74. The van der Waals surface area contributed by atoms with Crippen LogP contribution < -0.4 is 0 Å². The Morgan fingerprint density at radius 2 is 1.36 bits per heavy atom. The highest BCUT2D eigenvalue weighted by Crippen LogP contribution is 2.47. The fourth-order valence-electron chi connectivity index (χ4n) is 3.24. The van der Waals surface area contributed by atoms with Gasteiger partial charge in [-0.1, -0.05) is 66.8 Å². The highest BCUT2D eigenvalue weighted by atomic mass is 35.5. The van der Waals surface area contributed by atoms with Gasteiger partial charge in [-0.25, -0.2) is 0 Å². The maximum Gasteiger partial charge on any atom is 0.187 e. The topological polar surface area (TPSA) is 34.1 Å². The monoisotopic (exact) mass is 394 g/mol. The van der Waals surface area contributed by atoms with Crippen molar-refractivity contribution in [2.24, 2.45) is 5.41 Å². The zero-order valence-corrected chi connectivity index (χ0v) is 16.2. The van der Waals surface area contributed by atoms with Crippen molar-refractivity contribution in [1.82, 2.24) is 0 Å². The van der Waals surface area contributed by atoms with Crippen LogP contribution in [0, 0.1) is 5.41 Å². The molecular weight excluding hydrogens is 379 g/mol. The number of hydrogen-bond acceptors (Lipinski definition) is 2. The smallest absolute Gasteiger partial charge is 0.187 e. The van der Waals surface area contributed by atoms with Crippen LogP contribution in [0.25, 0.3) is 11.1 Å². The molecule has 0 bridgehead atoms. The number of carbonyl (C=O) groups is 2. The van der Waals surface area contributed by atoms with E-state index in [0.29, 0.717) is 15.6 Å². The van der Waals surface area contributed by atoms with E-state index in [1.165, 1.54) is 0 Å². The Labute approximate surface area is 162 Å². The van der Waals surface area contributed by atoms with Gasteiger partial charge in [0, 0.05) is 28.5 Å². The Hall–Kier alpha value is -1.35. The summed E-state index contributed by atoms with van der Waals surface area (Å²) in [6.45, 7) is 3.79. The highest BCUT2D eigenvalue weighted by molar-refractivity contribution is 6.48. The van der Waals surface area contributed by atoms with Crippen molar-refractivity contribution < 1.29 is 9.59 Å². The quantitative estimate of drug-likeness (QED) is 0.458. The van der Waals surface area contributed by atoms with E-state index in [4.69, 9.17) is 34.8 Å². The first kappa shape index (κ1) is 18.4. The molecule has 0 unspecified atom stereocenters. The van der Waals surface area contributed by atoms with Gasteiger partial charge in [0.2, 0.25) is 0 Å². The Morgan fingerprint density at radius 1 is 0.840 bits per heavy atom. The Balaban J connectivity index is 2.10. The second-order valence-corrected chi connectivity index (χ2v) is 8.63. The summed E-state index contributed by atoms with van der Waals surface area (Å²) in [5.74, 6) is -0.601. The van der Waals surface area contributed by atoms with E-state index in [1.807, 2.05) is 32.0 Å². The van der Waals surface area contributed by atoms with Gasteiger partial charge in [-0.3, -0.25) is 9.59 Å². The molecule has 0 aromatic heterocycles.